The van der Waals surface area contributed by atoms with Crippen LogP contribution in [0, 0.1) is 23.7 Å². The van der Waals surface area contributed by atoms with Gasteiger partial charge in [-0.2, -0.15) is 0 Å². The summed E-state index contributed by atoms with van der Waals surface area (Å²) in [5, 5.41) is 0. The third-order valence-electron chi connectivity index (χ3n) is 6.21. The minimum absolute atomic E-state index is 0.0666. The third-order valence-corrected chi connectivity index (χ3v) is 6.21. The summed E-state index contributed by atoms with van der Waals surface area (Å²) in [5.74, 6) is 0.475. The topological polar surface area (TPSA) is 40.6 Å². The van der Waals surface area contributed by atoms with Gasteiger partial charge in [0.25, 0.3) is 0 Å². The second kappa shape index (κ2) is 6.60. The van der Waals surface area contributed by atoms with Crippen LogP contribution in [0.5, 0.6) is 0 Å². The molecular formula is C22H24N2O2. The molecule has 2 amide bonds. The van der Waals surface area contributed by atoms with Gasteiger partial charge in [-0.1, -0.05) is 36.4 Å². The van der Waals surface area contributed by atoms with E-state index in [0.29, 0.717) is 11.8 Å². The van der Waals surface area contributed by atoms with Gasteiger partial charge in [-0.25, -0.2) is 0 Å². The molecule has 0 bridgehead atoms. The van der Waals surface area contributed by atoms with Crippen LogP contribution in [0.15, 0.2) is 60.7 Å². The molecule has 4 nitrogen and oxygen atoms in total. The zero-order valence-corrected chi connectivity index (χ0v) is 15.2. The van der Waals surface area contributed by atoms with Gasteiger partial charge < -0.3 is 9.80 Å². The molecule has 0 saturated heterocycles. The highest BCUT2D eigenvalue weighted by molar-refractivity contribution is 6.03. The molecule has 0 spiro atoms. The van der Waals surface area contributed by atoms with E-state index in [1.54, 1.807) is 9.80 Å². The molecule has 4 atom stereocenters. The maximum atomic E-state index is 13.1. The Labute approximate surface area is 154 Å². The summed E-state index contributed by atoms with van der Waals surface area (Å²) in [7, 11) is 3.62. The Kier molecular flexibility index (Phi) is 4.27. The first-order valence-electron chi connectivity index (χ1n) is 9.25. The summed E-state index contributed by atoms with van der Waals surface area (Å²) < 4.78 is 0. The number of fused-ring (bicyclic) bond motifs is 1. The van der Waals surface area contributed by atoms with E-state index in [2.05, 4.69) is 0 Å². The van der Waals surface area contributed by atoms with E-state index in [-0.39, 0.29) is 23.7 Å². The summed E-state index contributed by atoms with van der Waals surface area (Å²) in [5.41, 5.74) is 1.76. The quantitative estimate of drug-likeness (QED) is 0.847. The van der Waals surface area contributed by atoms with Crippen molar-refractivity contribution >= 4 is 23.2 Å². The lowest BCUT2D eigenvalue weighted by Gasteiger charge is -2.58. The minimum atomic E-state index is -0.197. The van der Waals surface area contributed by atoms with Crippen LogP contribution < -0.4 is 9.80 Å². The second-order valence-electron chi connectivity index (χ2n) is 7.42. The van der Waals surface area contributed by atoms with Crippen molar-refractivity contribution in [1.82, 2.24) is 0 Å². The summed E-state index contributed by atoms with van der Waals surface area (Å²) >= 11 is 0. The molecule has 0 aliphatic heterocycles. The molecule has 26 heavy (non-hydrogen) atoms. The van der Waals surface area contributed by atoms with E-state index in [9.17, 15) is 9.59 Å². The van der Waals surface area contributed by atoms with Gasteiger partial charge >= 0.3 is 0 Å². The maximum absolute atomic E-state index is 13.1. The Balaban J connectivity index is 1.54. The van der Waals surface area contributed by atoms with Gasteiger partial charge in [-0.3, -0.25) is 9.59 Å². The molecule has 0 aromatic heterocycles. The zero-order chi connectivity index (χ0) is 18.3. The Hall–Kier alpha value is -2.62. The van der Waals surface area contributed by atoms with E-state index in [1.165, 1.54) is 0 Å². The van der Waals surface area contributed by atoms with Gasteiger partial charge in [0.1, 0.15) is 0 Å². The Morgan fingerprint density at radius 2 is 1.04 bits per heavy atom. The number of carbonyl (C=O) groups is 2. The van der Waals surface area contributed by atoms with Crippen molar-refractivity contribution in [2.45, 2.75) is 12.8 Å². The highest BCUT2D eigenvalue weighted by atomic mass is 16.2. The van der Waals surface area contributed by atoms with Gasteiger partial charge in [-0.15, -0.1) is 0 Å². The van der Waals surface area contributed by atoms with Gasteiger partial charge in [0.05, 0.1) is 11.8 Å². The van der Waals surface area contributed by atoms with Crippen LogP contribution >= 0.6 is 0 Å². The Morgan fingerprint density at radius 1 is 0.692 bits per heavy atom. The smallest absolute Gasteiger partial charge is 0.230 e. The van der Waals surface area contributed by atoms with E-state index >= 15 is 0 Å². The van der Waals surface area contributed by atoms with Gasteiger partial charge in [-0.05, 0) is 48.9 Å². The van der Waals surface area contributed by atoms with Crippen LogP contribution in [-0.2, 0) is 9.59 Å². The van der Waals surface area contributed by atoms with Gasteiger partial charge in [0.2, 0.25) is 11.8 Å². The fourth-order valence-corrected chi connectivity index (χ4v) is 4.51. The second-order valence-corrected chi connectivity index (χ2v) is 7.42. The first-order valence-corrected chi connectivity index (χ1v) is 9.25. The van der Waals surface area contributed by atoms with Crippen LogP contribution in [0.3, 0.4) is 0 Å². The van der Waals surface area contributed by atoms with Gasteiger partial charge in [0, 0.05) is 25.5 Å². The molecule has 0 heterocycles. The predicted molar refractivity (Wildman–Crippen MR) is 103 cm³/mol. The van der Waals surface area contributed by atoms with Crippen molar-refractivity contribution in [1.29, 1.82) is 0 Å². The largest absolute Gasteiger partial charge is 0.315 e. The average Bonchev–Trinajstić information content (AvgIpc) is 2.68. The summed E-state index contributed by atoms with van der Waals surface area (Å²) in [6, 6.07) is 19.3. The molecule has 4 rings (SSSR count). The third kappa shape index (κ3) is 2.61. The summed E-state index contributed by atoms with van der Waals surface area (Å²) in [6.07, 6.45) is 2.12. The average molecular weight is 348 g/mol. The van der Waals surface area contributed by atoms with Crippen molar-refractivity contribution < 1.29 is 9.59 Å². The first kappa shape index (κ1) is 16.8. The normalized spacial score (nSPS) is 26.1. The molecule has 2 aromatic carbocycles. The minimum Gasteiger partial charge on any atom is -0.315 e. The molecule has 134 valence electrons. The van der Waals surface area contributed by atoms with Crippen molar-refractivity contribution in [3.63, 3.8) is 0 Å². The van der Waals surface area contributed by atoms with Crippen LogP contribution in [-0.4, -0.2) is 25.9 Å². The molecule has 3 unspecified atom stereocenters. The molecule has 2 aromatic rings. The summed E-state index contributed by atoms with van der Waals surface area (Å²) in [6.45, 7) is 0. The van der Waals surface area contributed by atoms with Crippen LogP contribution in [0.2, 0.25) is 0 Å². The molecule has 0 radical (unpaired) electrons. The number of hydrogen-bond acceptors (Lipinski definition) is 2. The zero-order valence-electron chi connectivity index (χ0n) is 15.2. The van der Waals surface area contributed by atoms with Crippen LogP contribution in [0.4, 0.5) is 11.4 Å². The SMILES string of the molecule is CN(C(=O)C1C2CC[C@H]2C1C(=O)N(C)c1ccccc1)c1ccccc1. The van der Waals surface area contributed by atoms with Crippen LogP contribution in [0.1, 0.15) is 12.8 Å². The van der Waals surface area contributed by atoms with Gasteiger partial charge in [0.15, 0.2) is 0 Å². The van der Waals surface area contributed by atoms with E-state index in [1.807, 2.05) is 74.8 Å². The highest BCUT2D eigenvalue weighted by Gasteiger charge is 2.62. The number of nitrogens with zero attached hydrogens (tertiary/aromatic N) is 2. The Bertz CT molecular complexity index is 736. The highest BCUT2D eigenvalue weighted by Crippen LogP contribution is 2.59. The molecule has 2 aliphatic rings. The van der Waals surface area contributed by atoms with E-state index < -0.39 is 0 Å². The lowest BCUT2D eigenvalue weighted by Crippen LogP contribution is -2.63. The lowest BCUT2D eigenvalue weighted by molar-refractivity contribution is -0.163. The van der Waals surface area contributed by atoms with Crippen molar-refractivity contribution in [3.05, 3.63) is 60.7 Å². The summed E-state index contributed by atoms with van der Waals surface area (Å²) in [4.78, 5) is 29.7. The monoisotopic (exact) mass is 348 g/mol. The lowest BCUT2D eigenvalue weighted by atomic mass is 9.46. The predicted octanol–water partition coefficient (Wildman–Crippen LogP) is 3.58. The maximum Gasteiger partial charge on any atom is 0.230 e. The fraction of sp³-hybridized carbons (Fsp3) is 0.364. The van der Waals surface area contributed by atoms with E-state index in [0.717, 1.165) is 24.2 Å². The molecule has 2 aliphatic carbocycles. The standard InChI is InChI=1S/C22H24N2O2/c1-23(15-9-5-3-6-10-15)21(25)19-17-13-14-18(17)20(19)22(26)24(2)16-11-7-4-8-12-16/h3-12,17-20H,13-14H2,1-2H3/t17-,18?,19?,20?/m1/s1. The van der Waals surface area contributed by atoms with E-state index in [4.69, 9.17) is 0 Å². The fourth-order valence-electron chi connectivity index (χ4n) is 4.51. The number of anilines is 2. The number of para-hydroxylation sites is 2. The number of rotatable bonds is 4. The van der Waals surface area contributed by atoms with Crippen molar-refractivity contribution in [3.8, 4) is 0 Å². The number of amides is 2. The van der Waals surface area contributed by atoms with Crippen molar-refractivity contribution in [2.24, 2.45) is 23.7 Å². The molecule has 4 heteroatoms. The molecule has 2 fully saturated rings. The molecular weight excluding hydrogens is 324 g/mol. The Morgan fingerprint density at radius 3 is 1.35 bits per heavy atom. The molecule has 2 saturated carbocycles. The van der Waals surface area contributed by atoms with Crippen LogP contribution in [0.25, 0.3) is 0 Å². The number of hydrogen-bond donors (Lipinski definition) is 0. The number of benzene rings is 2. The molecule has 0 N–H and O–H groups in total. The van der Waals surface area contributed by atoms with Crippen molar-refractivity contribution in [2.75, 3.05) is 23.9 Å². The first-order chi connectivity index (χ1) is 12.6. The number of carbonyl (C=O) groups excluding carboxylic acids is 2.